The molecule has 0 bridgehead atoms. The first-order chi connectivity index (χ1) is 19.1. The number of nitrogens with zero attached hydrogens (tertiary/aromatic N) is 1. The standard InChI is InChI=1S/C31H33N3O5S/c1-20-16-21(2)29(22(3)17-20)40(37,38)34-28(31(36)39-4)18-23-11-13-24(14-12-23)25-8-7-9-26(19-25)33-30(35)27-10-5-6-15-32-27/h6-9,11-17,19,28,34H,5,10,18H2,1-4H3,(H,33,35)/t28-/m0/s1. The molecule has 0 radical (unpaired) electrons. The van der Waals surface area contributed by atoms with E-state index in [1.54, 1.807) is 32.2 Å². The Morgan fingerprint density at radius 1 is 0.975 bits per heavy atom. The van der Waals surface area contributed by atoms with E-state index < -0.39 is 22.0 Å². The van der Waals surface area contributed by atoms with Crippen LogP contribution in [-0.2, 0) is 30.8 Å². The molecule has 0 unspecified atom stereocenters. The van der Waals surface area contributed by atoms with Crippen LogP contribution in [0.15, 0.2) is 82.8 Å². The molecule has 0 fully saturated rings. The molecule has 1 aliphatic heterocycles. The first-order valence-electron chi connectivity index (χ1n) is 13.0. The number of sulfonamides is 1. The van der Waals surface area contributed by atoms with Crippen LogP contribution in [0.5, 0.6) is 0 Å². The summed E-state index contributed by atoms with van der Waals surface area (Å²) in [6.45, 7) is 5.38. The van der Waals surface area contributed by atoms with Gasteiger partial charge in [-0.25, -0.2) is 8.42 Å². The molecular formula is C31H33N3O5S. The molecule has 40 heavy (non-hydrogen) atoms. The summed E-state index contributed by atoms with van der Waals surface area (Å²) in [6.07, 6.45) is 5.09. The third-order valence-electron chi connectivity index (χ3n) is 6.65. The highest BCUT2D eigenvalue weighted by atomic mass is 32.2. The van der Waals surface area contributed by atoms with Crippen molar-refractivity contribution in [1.29, 1.82) is 0 Å². The highest BCUT2D eigenvalue weighted by molar-refractivity contribution is 7.89. The maximum absolute atomic E-state index is 13.3. The van der Waals surface area contributed by atoms with Crippen LogP contribution in [0.25, 0.3) is 11.1 Å². The van der Waals surface area contributed by atoms with E-state index in [1.807, 2.05) is 61.5 Å². The molecule has 2 N–H and O–H groups in total. The molecule has 3 aromatic rings. The molecule has 0 spiro atoms. The molecule has 208 valence electrons. The van der Waals surface area contributed by atoms with Crippen molar-refractivity contribution in [3.8, 4) is 11.1 Å². The van der Waals surface area contributed by atoms with Crippen LogP contribution in [0.3, 0.4) is 0 Å². The van der Waals surface area contributed by atoms with Gasteiger partial charge in [0, 0.05) is 11.9 Å². The Balaban J connectivity index is 1.50. The minimum absolute atomic E-state index is 0.114. The van der Waals surface area contributed by atoms with Crippen LogP contribution >= 0.6 is 0 Å². The van der Waals surface area contributed by atoms with Gasteiger partial charge < -0.3 is 10.1 Å². The maximum Gasteiger partial charge on any atom is 0.324 e. The zero-order valence-electron chi connectivity index (χ0n) is 23.0. The number of anilines is 1. The smallest absolute Gasteiger partial charge is 0.324 e. The topological polar surface area (TPSA) is 114 Å². The fraction of sp³-hybridized carbons (Fsp3) is 0.258. The average molecular weight is 560 g/mol. The monoisotopic (exact) mass is 559 g/mol. The van der Waals surface area contributed by atoms with Crippen molar-refractivity contribution in [2.75, 3.05) is 12.4 Å². The van der Waals surface area contributed by atoms with Crippen LogP contribution in [0.2, 0.25) is 0 Å². The third-order valence-corrected chi connectivity index (χ3v) is 8.43. The SMILES string of the molecule is COC(=O)[C@H](Cc1ccc(-c2cccc(NC(=O)C3=NC=CCC3)c2)cc1)NS(=O)(=O)c1c(C)cc(C)cc1C. The van der Waals surface area contributed by atoms with Crippen LogP contribution in [-0.4, -0.2) is 39.2 Å². The summed E-state index contributed by atoms with van der Waals surface area (Å²) in [7, 11) is -2.75. The van der Waals surface area contributed by atoms with E-state index in [2.05, 4.69) is 15.0 Å². The molecule has 0 saturated heterocycles. The van der Waals surface area contributed by atoms with E-state index in [-0.39, 0.29) is 17.2 Å². The Morgan fingerprint density at radius 2 is 1.68 bits per heavy atom. The number of carbonyl (C=O) groups excluding carboxylic acids is 2. The van der Waals surface area contributed by atoms with Crippen molar-refractivity contribution < 1.29 is 22.7 Å². The first kappa shape index (κ1) is 28.9. The number of carbonyl (C=O) groups is 2. The van der Waals surface area contributed by atoms with Gasteiger partial charge in [-0.2, -0.15) is 4.72 Å². The molecule has 9 heteroatoms. The lowest BCUT2D eigenvalue weighted by atomic mass is 10.0. The Morgan fingerprint density at radius 3 is 2.30 bits per heavy atom. The van der Waals surface area contributed by atoms with Gasteiger partial charge in [0.15, 0.2) is 0 Å². The fourth-order valence-electron chi connectivity index (χ4n) is 4.87. The van der Waals surface area contributed by atoms with Gasteiger partial charge in [-0.3, -0.25) is 14.6 Å². The number of hydrogen-bond acceptors (Lipinski definition) is 6. The number of rotatable bonds is 9. The van der Waals surface area contributed by atoms with Crippen molar-refractivity contribution in [2.45, 2.75) is 51.0 Å². The number of allylic oxidation sites excluding steroid dienone is 1. The predicted molar refractivity (Wildman–Crippen MR) is 157 cm³/mol. The number of ether oxygens (including phenoxy) is 1. The number of nitrogens with one attached hydrogen (secondary N) is 2. The second-order valence-corrected chi connectivity index (χ2v) is 11.5. The zero-order chi connectivity index (χ0) is 28.9. The molecule has 4 rings (SSSR count). The lowest BCUT2D eigenvalue weighted by Crippen LogP contribution is -2.43. The summed E-state index contributed by atoms with van der Waals surface area (Å²) < 4.78 is 34.1. The number of aliphatic imine (C=N–C) groups is 1. The number of esters is 1. The van der Waals surface area contributed by atoms with Gasteiger partial charge >= 0.3 is 5.97 Å². The Hall–Kier alpha value is -4.08. The lowest BCUT2D eigenvalue weighted by Gasteiger charge is -2.19. The molecule has 1 amide bonds. The van der Waals surface area contributed by atoms with Gasteiger partial charge in [-0.15, -0.1) is 0 Å². The third kappa shape index (κ3) is 6.91. The molecule has 1 aliphatic rings. The zero-order valence-corrected chi connectivity index (χ0v) is 23.8. The Kier molecular flexibility index (Phi) is 8.96. The molecule has 1 heterocycles. The van der Waals surface area contributed by atoms with Crippen LogP contribution in [0.4, 0.5) is 5.69 Å². The fourth-order valence-corrected chi connectivity index (χ4v) is 6.51. The largest absolute Gasteiger partial charge is 0.468 e. The molecule has 0 aliphatic carbocycles. The van der Waals surface area contributed by atoms with E-state index >= 15 is 0 Å². The maximum atomic E-state index is 13.3. The lowest BCUT2D eigenvalue weighted by molar-refractivity contribution is -0.142. The van der Waals surface area contributed by atoms with Crippen LogP contribution in [0, 0.1) is 20.8 Å². The summed E-state index contributed by atoms with van der Waals surface area (Å²) in [5.74, 6) is -0.888. The minimum Gasteiger partial charge on any atom is -0.468 e. The van der Waals surface area contributed by atoms with Gasteiger partial charge in [0.2, 0.25) is 10.0 Å². The second-order valence-electron chi connectivity index (χ2n) is 9.86. The quantitative estimate of drug-likeness (QED) is 0.357. The highest BCUT2D eigenvalue weighted by Gasteiger charge is 2.29. The minimum atomic E-state index is -3.98. The van der Waals surface area contributed by atoms with E-state index in [4.69, 9.17) is 4.74 Å². The second kappa shape index (κ2) is 12.4. The van der Waals surface area contributed by atoms with Crippen LogP contribution in [0.1, 0.15) is 35.1 Å². The number of aryl methyl sites for hydroxylation is 3. The van der Waals surface area contributed by atoms with Gasteiger partial charge in [0.05, 0.1) is 12.0 Å². The summed E-state index contributed by atoms with van der Waals surface area (Å²) in [5.41, 5.74) is 5.89. The number of benzene rings is 3. The average Bonchev–Trinajstić information content (AvgIpc) is 2.92. The number of hydrogen-bond donors (Lipinski definition) is 2. The molecule has 3 aromatic carbocycles. The van der Waals surface area contributed by atoms with Gasteiger partial charge in [-0.1, -0.05) is 60.2 Å². The summed E-state index contributed by atoms with van der Waals surface area (Å²) in [6, 6.07) is 17.5. The molecule has 0 aromatic heterocycles. The molecule has 8 nitrogen and oxygen atoms in total. The van der Waals surface area contributed by atoms with E-state index in [0.29, 0.717) is 28.9 Å². The summed E-state index contributed by atoms with van der Waals surface area (Å²) in [5, 5.41) is 2.90. The predicted octanol–water partition coefficient (Wildman–Crippen LogP) is 5.03. The number of methoxy groups -OCH3 is 1. The Labute approximate surface area is 235 Å². The summed E-state index contributed by atoms with van der Waals surface area (Å²) in [4.78, 5) is 29.4. The van der Waals surface area contributed by atoms with Gasteiger partial charge in [-0.05, 0) is 80.0 Å². The van der Waals surface area contributed by atoms with E-state index in [0.717, 1.165) is 28.7 Å². The Bertz CT molecular complexity index is 1570. The van der Waals surface area contributed by atoms with Crippen molar-refractivity contribution >= 4 is 33.3 Å². The molecule has 0 saturated carbocycles. The van der Waals surface area contributed by atoms with Crippen LogP contribution < -0.4 is 10.0 Å². The van der Waals surface area contributed by atoms with Gasteiger partial charge in [0.25, 0.3) is 5.91 Å². The summed E-state index contributed by atoms with van der Waals surface area (Å²) >= 11 is 0. The van der Waals surface area contributed by atoms with Crippen molar-refractivity contribution in [3.63, 3.8) is 0 Å². The van der Waals surface area contributed by atoms with Crippen molar-refractivity contribution in [1.82, 2.24) is 4.72 Å². The molecule has 1 atom stereocenters. The van der Waals surface area contributed by atoms with Crippen molar-refractivity contribution in [2.24, 2.45) is 4.99 Å². The van der Waals surface area contributed by atoms with E-state index in [9.17, 15) is 18.0 Å². The van der Waals surface area contributed by atoms with E-state index in [1.165, 1.54) is 7.11 Å². The van der Waals surface area contributed by atoms with Gasteiger partial charge in [0.1, 0.15) is 11.8 Å². The highest BCUT2D eigenvalue weighted by Crippen LogP contribution is 2.25. The normalized spacial score (nSPS) is 13.8. The first-order valence-corrected chi connectivity index (χ1v) is 14.5. The van der Waals surface area contributed by atoms with Crippen molar-refractivity contribution in [3.05, 3.63) is 95.2 Å². The molecular weight excluding hydrogens is 526 g/mol. The number of amides is 1.